The molecule has 1 aromatic carbocycles. The molecule has 2 aromatic heterocycles. The van der Waals surface area contributed by atoms with Crippen LogP contribution >= 0.6 is 0 Å². The molecule has 0 bridgehead atoms. The van der Waals surface area contributed by atoms with Crippen molar-refractivity contribution in [3.8, 4) is 11.4 Å². The Hall–Kier alpha value is -2.21. The molecule has 0 spiro atoms. The lowest BCUT2D eigenvalue weighted by atomic mass is 10.2. The molecule has 0 aliphatic heterocycles. The van der Waals surface area contributed by atoms with Crippen LogP contribution in [0.1, 0.15) is 30.5 Å². The number of aromatic nitrogens is 4. The number of nitrogens with zero attached hydrogens (tertiary/aromatic N) is 5. The highest BCUT2D eigenvalue weighted by Crippen LogP contribution is 2.39. The van der Waals surface area contributed by atoms with E-state index in [0.29, 0.717) is 11.8 Å². The fourth-order valence-corrected chi connectivity index (χ4v) is 2.72. The molecule has 1 fully saturated rings. The summed E-state index contributed by atoms with van der Waals surface area (Å²) in [6.45, 7) is 3.63. The maximum atomic E-state index is 5.66. The number of fused-ring (bicyclic) bond motifs is 1. The van der Waals surface area contributed by atoms with Crippen molar-refractivity contribution in [2.45, 2.75) is 32.2 Å². The van der Waals surface area contributed by atoms with Crippen molar-refractivity contribution in [2.24, 2.45) is 0 Å². The fourth-order valence-electron chi connectivity index (χ4n) is 2.72. The van der Waals surface area contributed by atoms with E-state index in [9.17, 15) is 0 Å². The van der Waals surface area contributed by atoms with Gasteiger partial charge in [0.15, 0.2) is 23.1 Å². The Kier molecular flexibility index (Phi) is 3.41. The summed E-state index contributed by atoms with van der Waals surface area (Å²) in [5.41, 5.74) is 2.72. The first-order valence-corrected chi connectivity index (χ1v) is 8.07. The number of oxazole rings is 1. The summed E-state index contributed by atoms with van der Waals surface area (Å²) in [5, 5.41) is 4.74. The summed E-state index contributed by atoms with van der Waals surface area (Å²) >= 11 is 0. The van der Waals surface area contributed by atoms with Crippen LogP contribution < -0.4 is 0 Å². The SMILES string of the molecule is Cc1nc2ccc(-c3nc(C4CC4)nn3CCN(C)C)cc2o1. The molecule has 0 amide bonds. The van der Waals surface area contributed by atoms with Crippen LogP contribution in [0.25, 0.3) is 22.5 Å². The van der Waals surface area contributed by atoms with Crippen molar-refractivity contribution in [2.75, 3.05) is 20.6 Å². The summed E-state index contributed by atoms with van der Waals surface area (Å²) in [6, 6.07) is 6.06. The van der Waals surface area contributed by atoms with Gasteiger partial charge in [-0.2, -0.15) is 5.10 Å². The first-order valence-electron chi connectivity index (χ1n) is 8.07. The van der Waals surface area contributed by atoms with Gasteiger partial charge < -0.3 is 9.32 Å². The second-order valence-corrected chi connectivity index (χ2v) is 6.51. The molecule has 0 unspecified atom stereocenters. The van der Waals surface area contributed by atoms with Crippen LogP contribution in [0.4, 0.5) is 0 Å². The maximum absolute atomic E-state index is 5.66. The molecular weight excluding hydrogens is 290 g/mol. The second kappa shape index (κ2) is 5.45. The molecule has 1 aliphatic rings. The quantitative estimate of drug-likeness (QED) is 0.725. The van der Waals surface area contributed by atoms with Crippen LogP contribution in [-0.4, -0.2) is 45.3 Å². The van der Waals surface area contributed by atoms with Gasteiger partial charge in [-0.3, -0.25) is 0 Å². The molecule has 2 heterocycles. The van der Waals surface area contributed by atoms with E-state index < -0.39 is 0 Å². The van der Waals surface area contributed by atoms with E-state index in [1.165, 1.54) is 12.8 Å². The molecule has 1 aliphatic carbocycles. The third-order valence-electron chi connectivity index (χ3n) is 4.14. The van der Waals surface area contributed by atoms with E-state index >= 15 is 0 Å². The third kappa shape index (κ3) is 2.86. The van der Waals surface area contributed by atoms with Crippen molar-refractivity contribution in [1.82, 2.24) is 24.6 Å². The summed E-state index contributed by atoms with van der Waals surface area (Å²) in [6.07, 6.45) is 2.41. The van der Waals surface area contributed by atoms with Gasteiger partial charge in [0.2, 0.25) is 0 Å². The molecule has 23 heavy (non-hydrogen) atoms. The van der Waals surface area contributed by atoms with Crippen molar-refractivity contribution in [3.05, 3.63) is 29.9 Å². The molecule has 4 rings (SSSR count). The van der Waals surface area contributed by atoms with Crippen LogP contribution in [0.15, 0.2) is 22.6 Å². The Labute approximate surface area is 135 Å². The third-order valence-corrected chi connectivity index (χ3v) is 4.14. The van der Waals surface area contributed by atoms with Gasteiger partial charge in [-0.05, 0) is 45.1 Å². The van der Waals surface area contributed by atoms with Crippen LogP contribution in [0, 0.1) is 6.92 Å². The summed E-state index contributed by atoms with van der Waals surface area (Å²) in [4.78, 5) is 11.3. The predicted molar refractivity (Wildman–Crippen MR) is 88.3 cm³/mol. The van der Waals surface area contributed by atoms with E-state index in [4.69, 9.17) is 14.5 Å². The minimum atomic E-state index is 0.547. The molecule has 3 aromatic rings. The van der Waals surface area contributed by atoms with Gasteiger partial charge in [-0.25, -0.2) is 14.6 Å². The Morgan fingerprint density at radius 1 is 1.26 bits per heavy atom. The fraction of sp³-hybridized carbons (Fsp3) is 0.471. The number of hydrogen-bond acceptors (Lipinski definition) is 5. The topological polar surface area (TPSA) is 60.0 Å². The van der Waals surface area contributed by atoms with Gasteiger partial charge >= 0.3 is 0 Å². The van der Waals surface area contributed by atoms with E-state index in [2.05, 4.69) is 30.0 Å². The van der Waals surface area contributed by atoms with Crippen molar-refractivity contribution >= 4 is 11.1 Å². The molecular formula is C17H21N5O. The molecule has 0 atom stereocenters. The smallest absolute Gasteiger partial charge is 0.192 e. The highest BCUT2D eigenvalue weighted by Gasteiger charge is 2.29. The van der Waals surface area contributed by atoms with Gasteiger partial charge in [-0.1, -0.05) is 0 Å². The van der Waals surface area contributed by atoms with Crippen LogP contribution in [0.3, 0.4) is 0 Å². The number of benzene rings is 1. The van der Waals surface area contributed by atoms with Crippen molar-refractivity contribution < 1.29 is 4.42 Å². The molecule has 0 saturated heterocycles. The summed E-state index contributed by atoms with van der Waals surface area (Å²) in [5.74, 6) is 3.13. The number of aryl methyl sites for hydroxylation is 1. The van der Waals surface area contributed by atoms with Gasteiger partial charge in [0.1, 0.15) is 5.52 Å². The van der Waals surface area contributed by atoms with E-state index in [1.54, 1.807) is 0 Å². The van der Waals surface area contributed by atoms with Crippen molar-refractivity contribution in [3.63, 3.8) is 0 Å². The molecule has 0 radical (unpaired) electrons. The number of rotatable bonds is 5. The number of hydrogen-bond donors (Lipinski definition) is 0. The monoisotopic (exact) mass is 311 g/mol. The van der Waals surface area contributed by atoms with Gasteiger partial charge in [-0.15, -0.1) is 0 Å². The lowest BCUT2D eigenvalue weighted by Crippen LogP contribution is -2.19. The molecule has 1 saturated carbocycles. The zero-order chi connectivity index (χ0) is 16.0. The Balaban J connectivity index is 1.74. The molecule has 0 N–H and O–H groups in total. The molecule has 6 heteroatoms. The predicted octanol–water partition coefficient (Wildman–Crippen LogP) is 2.83. The van der Waals surface area contributed by atoms with E-state index in [0.717, 1.165) is 41.4 Å². The average molecular weight is 311 g/mol. The first kappa shape index (κ1) is 14.4. The highest BCUT2D eigenvalue weighted by molar-refractivity contribution is 5.78. The zero-order valence-corrected chi connectivity index (χ0v) is 13.8. The van der Waals surface area contributed by atoms with E-state index in [-0.39, 0.29) is 0 Å². The lowest BCUT2D eigenvalue weighted by molar-refractivity contribution is 0.373. The Bertz CT molecular complexity index is 844. The first-order chi connectivity index (χ1) is 11.1. The number of likely N-dealkylation sites (N-methyl/N-ethyl adjacent to an activating group) is 1. The zero-order valence-electron chi connectivity index (χ0n) is 13.8. The average Bonchev–Trinajstić information content (AvgIpc) is 3.16. The van der Waals surface area contributed by atoms with Gasteiger partial charge in [0, 0.05) is 24.9 Å². The maximum Gasteiger partial charge on any atom is 0.192 e. The summed E-state index contributed by atoms with van der Waals surface area (Å²) in [7, 11) is 4.14. The van der Waals surface area contributed by atoms with Crippen molar-refractivity contribution in [1.29, 1.82) is 0 Å². The van der Waals surface area contributed by atoms with Gasteiger partial charge in [0.05, 0.1) is 6.54 Å². The normalized spacial score (nSPS) is 15.0. The summed E-state index contributed by atoms with van der Waals surface area (Å²) < 4.78 is 7.68. The van der Waals surface area contributed by atoms with Crippen LogP contribution in [-0.2, 0) is 6.54 Å². The molecule has 120 valence electrons. The van der Waals surface area contributed by atoms with Crippen LogP contribution in [0.5, 0.6) is 0 Å². The molecule has 6 nitrogen and oxygen atoms in total. The van der Waals surface area contributed by atoms with Crippen LogP contribution in [0.2, 0.25) is 0 Å². The van der Waals surface area contributed by atoms with E-state index in [1.807, 2.05) is 23.7 Å². The largest absolute Gasteiger partial charge is 0.441 e. The standard InChI is InChI=1S/C17H21N5O/c1-11-18-14-7-6-13(10-15(14)23-11)17-19-16(12-4-5-12)20-22(17)9-8-21(2)3/h6-7,10,12H,4-5,8-9H2,1-3H3. The Morgan fingerprint density at radius 2 is 2.09 bits per heavy atom. The Morgan fingerprint density at radius 3 is 2.83 bits per heavy atom. The minimum Gasteiger partial charge on any atom is -0.441 e. The lowest BCUT2D eigenvalue weighted by Gasteiger charge is -2.10. The second-order valence-electron chi connectivity index (χ2n) is 6.51. The van der Waals surface area contributed by atoms with Gasteiger partial charge in [0.25, 0.3) is 0 Å². The minimum absolute atomic E-state index is 0.547. The highest BCUT2D eigenvalue weighted by atomic mass is 16.3.